The standard InChI is InChI=1S/C15H19N3OS/c1-3-11-5-6-12(20-11)9-17-15(19)13-7-4-10(2)8-14(13)18-16/h4-8,18H,3,9,16H2,1-2H3,(H,17,19). The van der Waals surface area contributed by atoms with Crippen LogP contribution < -0.4 is 16.6 Å². The fourth-order valence-electron chi connectivity index (χ4n) is 1.95. The van der Waals surface area contributed by atoms with Crippen molar-refractivity contribution in [2.45, 2.75) is 26.8 Å². The predicted molar refractivity (Wildman–Crippen MR) is 83.9 cm³/mol. The molecule has 0 saturated heterocycles. The second-order valence-corrected chi connectivity index (χ2v) is 5.85. The Morgan fingerprint density at radius 2 is 2.00 bits per heavy atom. The molecule has 1 aromatic carbocycles. The molecule has 0 aliphatic rings. The Hall–Kier alpha value is -1.85. The van der Waals surface area contributed by atoms with Gasteiger partial charge in [-0.2, -0.15) is 0 Å². The van der Waals surface area contributed by atoms with Gasteiger partial charge >= 0.3 is 0 Å². The lowest BCUT2D eigenvalue weighted by Gasteiger charge is -2.10. The third kappa shape index (κ3) is 3.37. The number of rotatable bonds is 5. The zero-order chi connectivity index (χ0) is 14.5. The lowest BCUT2D eigenvalue weighted by atomic mass is 10.1. The second-order valence-electron chi connectivity index (χ2n) is 4.60. The van der Waals surface area contributed by atoms with E-state index in [1.165, 1.54) is 4.88 Å². The number of anilines is 1. The molecule has 2 aromatic rings. The Morgan fingerprint density at radius 1 is 1.25 bits per heavy atom. The Morgan fingerprint density at radius 3 is 2.65 bits per heavy atom. The van der Waals surface area contributed by atoms with E-state index in [1.807, 2.05) is 19.1 Å². The summed E-state index contributed by atoms with van der Waals surface area (Å²) in [5.41, 5.74) is 4.83. The highest BCUT2D eigenvalue weighted by Crippen LogP contribution is 2.18. The van der Waals surface area contributed by atoms with Gasteiger partial charge in [0.2, 0.25) is 0 Å². The molecule has 0 atom stereocenters. The zero-order valence-electron chi connectivity index (χ0n) is 11.7. The molecule has 0 saturated carbocycles. The number of hydrogen-bond acceptors (Lipinski definition) is 4. The van der Waals surface area contributed by atoms with Crippen LogP contribution in [-0.4, -0.2) is 5.91 Å². The van der Waals surface area contributed by atoms with E-state index in [9.17, 15) is 4.79 Å². The summed E-state index contributed by atoms with van der Waals surface area (Å²) in [7, 11) is 0. The minimum absolute atomic E-state index is 0.121. The summed E-state index contributed by atoms with van der Waals surface area (Å²) in [4.78, 5) is 14.7. The molecule has 0 aliphatic carbocycles. The van der Waals surface area contributed by atoms with Crippen molar-refractivity contribution in [3.05, 3.63) is 51.2 Å². The number of benzene rings is 1. The predicted octanol–water partition coefficient (Wildman–Crippen LogP) is 2.83. The molecular weight excluding hydrogens is 270 g/mol. The van der Waals surface area contributed by atoms with E-state index in [0.717, 1.165) is 16.9 Å². The summed E-state index contributed by atoms with van der Waals surface area (Å²) in [6.07, 6.45) is 1.03. The number of thiophene rings is 1. The highest BCUT2D eigenvalue weighted by Gasteiger charge is 2.11. The van der Waals surface area contributed by atoms with Gasteiger partial charge in [-0.15, -0.1) is 11.3 Å². The van der Waals surface area contributed by atoms with Gasteiger partial charge in [0.05, 0.1) is 17.8 Å². The topological polar surface area (TPSA) is 67.2 Å². The second kappa shape index (κ2) is 6.54. The number of amides is 1. The van der Waals surface area contributed by atoms with Crippen molar-refractivity contribution in [2.24, 2.45) is 5.84 Å². The Labute approximate surface area is 123 Å². The summed E-state index contributed by atoms with van der Waals surface area (Å²) >= 11 is 1.73. The third-order valence-corrected chi connectivity index (χ3v) is 4.29. The Bertz CT molecular complexity index is 607. The summed E-state index contributed by atoms with van der Waals surface area (Å²) in [5.74, 6) is 5.34. The van der Waals surface area contributed by atoms with Crippen molar-refractivity contribution < 1.29 is 4.79 Å². The Balaban J connectivity index is 2.04. The molecule has 1 heterocycles. The zero-order valence-corrected chi connectivity index (χ0v) is 12.5. The van der Waals surface area contributed by atoms with Crippen molar-refractivity contribution in [1.82, 2.24) is 5.32 Å². The smallest absolute Gasteiger partial charge is 0.253 e. The molecule has 2 rings (SSSR count). The van der Waals surface area contributed by atoms with Crippen molar-refractivity contribution in [1.29, 1.82) is 0 Å². The molecule has 1 aromatic heterocycles. The number of nitrogens with two attached hydrogens (primary N) is 1. The first-order valence-corrected chi connectivity index (χ1v) is 7.38. The number of hydrogen-bond donors (Lipinski definition) is 3. The van der Waals surface area contributed by atoms with Crippen LogP contribution in [0, 0.1) is 6.92 Å². The molecule has 0 radical (unpaired) electrons. The number of carbonyl (C=O) groups excluding carboxylic acids is 1. The largest absolute Gasteiger partial charge is 0.347 e. The minimum atomic E-state index is -0.121. The summed E-state index contributed by atoms with van der Waals surface area (Å²) < 4.78 is 0. The van der Waals surface area contributed by atoms with Crippen molar-refractivity contribution in [3.63, 3.8) is 0 Å². The summed E-state index contributed by atoms with van der Waals surface area (Å²) in [5, 5.41) is 2.92. The molecule has 0 fully saturated rings. The molecule has 0 bridgehead atoms. The SMILES string of the molecule is CCc1ccc(CNC(=O)c2ccc(C)cc2NN)s1. The van der Waals surface area contributed by atoms with Gasteiger partial charge in [-0.3, -0.25) is 10.6 Å². The van der Waals surface area contributed by atoms with E-state index in [1.54, 1.807) is 17.4 Å². The van der Waals surface area contributed by atoms with Crippen LogP contribution in [0.15, 0.2) is 30.3 Å². The van der Waals surface area contributed by atoms with Crippen molar-refractivity contribution in [2.75, 3.05) is 5.43 Å². The molecule has 106 valence electrons. The number of nitrogen functional groups attached to an aromatic ring is 1. The molecule has 5 heteroatoms. The number of carbonyl (C=O) groups is 1. The normalized spacial score (nSPS) is 10.3. The number of nitrogens with one attached hydrogen (secondary N) is 2. The van der Waals surface area contributed by atoms with Gasteiger partial charge in [-0.1, -0.05) is 13.0 Å². The molecular formula is C15H19N3OS. The van der Waals surface area contributed by atoms with Crippen LogP contribution in [0.2, 0.25) is 0 Å². The maximum atomic E-state index is 12.2. The van der Waals surface area contributed by atoms with Crippen LogP contribution >= 0.6 is 11.3 Å². The maximum Gasteiger partial charge on any atom is 0.253 e. The van der Waals surface area contributed by atoms with E-state index in [-0.39, 0.29) is 5.91 Å². The fraction of sp³-hybridized carbons (Fsp3) is 0.267. The van der Waals surface area contributed by atoms with E-state index < -0.39 is 0 Å². The van der Waals surface area contributed by atoms with Gasteiger partial charge in [0.15, 0.2) is 0 Å². The average molecular weight is 289 g/mol. The molecule has 0 unspecified atom stereocenters. The van der Waals surface area contributed by atoms with Crippen LogP contribution in [-0.2, 0) is 13.0 Å². The summed E-state index contributed by atoms with van der Waals surface area (Å²) in [6.45, 7) is 4.63. The van der Waals surface area contributed by atoms with Gasteiger partial charge in [0.25, 0.3) is 5.91 Å². The summed E-state index contributed by atoms with van der Waals surface area (Å²) in [6, 6.07) is 9.70. The van der Waals surface area contributed by atoms with Crippen LogP contribution in [0.3, 0.4) is 0 Å². The first-order chi connectivity index (χ1) is 9.63. The first-order valence-electron chi connectivity index (χ1n) is 6.57. The molecule has 0 aliphatic heterocycles. The molecule has 1 amide bonds. The molecule has 4 N–H and O–H groups in total. The van der Waals surface area contributed by atoms with Crippen LogP contribution in [0.5, 0.6) is 0 Å². The quantitative estimate of drug-likeness (QED) is 0.585. The van der Waals surface area contributed by atoms with Crippen molar-refractivity contribution >= 4 is 22.9 Å². The van der Waals surface area contributed by atoms with Gasteiger partial charge in [0, 0.05) is 9.75 Å². The minimum Gasteiger partial charge on any atom is -0.347 e. The lowest BCUT2D eigenvalue weighted by molar-refractivity contribution is 0.0952. The van der Waals surface area contributed by atoms with Crippen LogP contribution in [0.25, 0.3) is 0 Å². The highest BCUT2D eigenvalue weighted by atomic mass is 32.1. The van der Waals surface area contributed by atoms with E-state index in [2.05, 4.69) is 29.8 Å². The van der Waals surface area contributed by atoms with E-state index >= 15 is 0 Å². The van der Waals surface area contributed by atoms with E-state index in [4.69, 9.17) is 5.84 Å². The maximum absolute atomic E-state index is 12.2. The average Bonchev–Trinajstić information content (AvgIpc) is 2.92. The third-order valence-electron chi connectivity index (χ3n) is 3.06. The number of hydrazine groups is 1. The first kappa shape index (κ1) is 14.6. The molecule has 20 heavy (non-hydrogen) atoms. The number of aryl methyl sites for hydroxylation is 2. The fourth-order valence-corrected chi connectivity index (χ4v) is 2.84. The van der Waals surface area contributed by atoms with Gasteiger partial charge in [-0.25, -0.2) is 0 Å². The van der Waals surface area contributed by atoms with Crippen LogP contribution in [0.4, 0.5) is 5.69 Å². The van der Waals surface area contributed by atoms with Crippen LogP contribution in [0.1, 0.15) is 32.6 Å². The van der Waals surface area contributed by atoms with E-state index in [0.29, 0.717) is 17.8 Å². The molecule has 0 spiro atoms. The van der Waals surface area contributed by atoms with Crippen molar-refractivity contribution in [3.8, 4) is 0 Å². The highest BCUT2D eigenvalue weighted by molar-refractivity contribution is 7.11. The lowest BCUT2D eigenvalue weighted by Crippen LogP contribution is -2.24. The van der Waals surface area contributed by atoms with Gasteiger partial charge in [-0.05, 0) is 43.2 Å². The Kier molecular flexibility index (Phi) is 4.76. The van der Waals surface area contributed by atoms with Gasteiger partial charge in [0.1, 0.15) is 0 Å². The van der Waals surface area contributed by atoms with Gasteiger partial charge < -0.3 is 10.7 Å². The molecule has 4 nitrogen and oxygen atoms in total. The monoisotopic (exact) mass is 289 g/mol.